The van der Waals surface area contributed by atoms with Gasteiger partial charge in [-0.25, -0.2) is 0 Å². The Labute approximate surface area is 268 Å². The molecule has 3 heteroatoms. The summed E-state index contributed by atoms with van der Waals surface area (Å²) in [6, 6.07) is 67.8. The van der Waals surface area contributed by atoms with Crippen LogP contribution in [0.2, 0.25) is 0 Å². The number of benzene rings is 6. The van der Waals surface area contributed by atoms with Gasteiger partial charge in [-0.1, -0.05) is 189 Å². The molecule has 44 heavy (non-hydrogen) atoms. The van der Waals surface area contributed by atoms with Gasteiger partial charge in [0.05, 0.1) is 5.16 Å². The van der Waals surface area contributed by atoms with Crippen LogP contribution in [0.4, 0.5) is 0 Å². The minimum absolute atomic E-state index is 0.158. The zero-order valence-corrected chi connectivity index (χ0v) is 28.2. The monoisotopic (exact) mass is 624 g/mol. The van der Waals surface area contributed by atoms with Gasteiger partial charge in [-0.15, -0.1) is 9.24 Å². The summed E-state index contributed by atoms with van der Waals surface area (Å²) in [7, 11) is 1.65. The quantitative estimate of drug-likeness (QED) is 0.126. The van der Waals surface area contributed by atoms with E-state index in [2.05, 4.69) is 198 Å². The molecule has 0 aliphatic carbocycles. The van der Waals surface area contributed by atoms with Crippen molar-refractivity contribution in [2.24, 2.45) is 5.41 Å². The first-order chi connectivity index (χ1) is 21.7. The fourth-order valence-electron chi connectivity index (χ4n) is 6.66. The highest BCUT2D eigenvalue weighted by molar-refractivity contribution is 7.75. The van der Waals surface area contributed by atoms with Gasteiger partial charge in [0.2, 0.25) is 0 Å². The second kappa shape index (κ2) is 14.1. The second-order valence-corrected chi connectivity index (χ2v) is 16.5. The molecule has 0 N–H and O–H groups in total. The SMILES string of the molecule is CC(CP)(CP(c1ccccc1)c1ccccc1)C(c1ccccc1)(c1ccccc1)P(c1ccccc1)c1ccccc1. The number of hydrogen-bond donors (Lipinski definition) is 0. The van der Waals surface area contributed by atoms with Crippen LogP contribution < -0.4 is 21.2 Å². The normalized spacial score (nSPS) is 13.1. The lowest BCUT2D eigenvalue weighted by Gasteiger charge is -2.55. The van der Waals surface area contributed by atoms with Gasteiger partial charge in [0.1, 0.15) is 0 Å². The molecular weight excluding hydrogens is 585 g/mol. The smallest absolute Gasteiger partial charge is 0.0543 e. The molecule has 6 aromatic rings. The first-order valence-corrected chi connectivity index (χ1v) is 18.9. The third kappa shape index (κ3) is 5.97. The van der Waals surface area contributed by atoms with E-state index in [1.807, 2.05) is 0 Å². The van der Waals surface area contributed by atoms with Crippen LogP contribution in [0.25, 0.3) is 0 Å². The lowest BCUT2D eigenvalue weighted by Crippen LogP contribution is -2.51. The largest absolute Gasteiger partial charge is 0.137 e. The summed E-state index contributed by atoms with van der Waals surface area (Å²) in [5.74, 6) is 0. The Morgan fingerprint density at radius 2 is 0.727 bits per heavy atom. The Hall–Kier alpha value is -3.39. The fourth-order valence-corrected chi connectivity index (χ4v) is 14.0. The standard InChI is InChI=1S/C41H39P3/c1-40(32-42,33-43(36-24-12-4-13-25-36)37-26-14-5-15-27-37)41(34-20-8-2-9-21-34,35-22-10-3-11-23-35)44(38-28-16-6-17-29-38)39-30-18-7-19-31-39/h2-31H,32-33,42H2,1H3. The molecule has 0 bridgehead atoms. The summed E-state index contributed by atoms with van der Waals surface area (Å²) in [5.41, 5.74) is 2.60. The van der Waals surface area contributed by atoms with Gasteiger partial charge in [-0.2, -0.15) is 0 Å². The highest BCUT2D eigenvalue weighted by atomic mass is 31.1. The Morgan fingerprint density at radius 1 is 0.432 bits per heavy atom. The van der Waals surface area contributed by atoms with Gasteiger partial charge < -0.3 is 0 Å². The lowest BCUT2D eigenvalue weighted by atomic mass is 9.71. The Balaban J connectivity index is 1.70. The molecule has 0 radical (unpaired) electrons. The average molecular weight is 625 g/mol. The summed E-state index contributed by atoms with van der Waals surface area (Å²) >= 11 is 0. The highest BCUT2D eigenvalue weighted by Crippen LogP contribution is 2.68. The molecule has 0 nitrogen and oxygen atoms in total. The van der Waals surface area contributed by atoms with E-state index in [-0.39, 0.29) is 10.6 Å². The Morgan fingerprint density at radius 3 is 1.05 bits per heavy atom. The van der Waals surface area contributed by atoms with Crippen LogP contribution in [0.5, 0.6) is 0 Å². The van der Waals surface area contributed by atoms with Crippen LogP contribution in [0.1, 0.15) is 18.1 Å². The molecule has 0 saturated heterocycles. The number of rotatable bonds is 11. The van der Waals surface area contributed by atoms with Crippen molar-refractivity contribution in [2.75, 3.05) is 12.3 Å². The van der Waals surface area contributed by atoms with E-state index in [4.69, 9.17) is 0 Å². The summed E-state index contributed by atoms with van der Waals surface area (Å²) in [6.07, 6.45) is 2.00. The van der Waals surface area contributed by atoms with Crippen molar-refractivity contribution in [3.05, 3.63) is 193 Å². The van der Waals surface area contributed by atoms with Crippen LogP contribution in [-0.2, 0) is 5.16 Å². The van der Waals surface area contributed by atoms with Crippen molar-refractivity contribution in [3.63, 3.8) is 0 Å². The number of hydrogen-bond acceptors (Lipinski definition) is 0. The van der Waals surface area contributed by atoms with Crippen molar-refractivity contribution in [1.29, 1.82) is 0 Å². The third-order valence-electron chi connectivity index (χ3n) is 8.71. The molecule has 0 amide bonds. The maximum atomic E-state index is 3.22. The molecule has 0 spiro atoms. The van der Waals surface area contributed by atoms with Crippen LogP contribution in [0, 0.1) is 5.41 Å². The van der Waals surface area contributed by atoms with Gasteiger partial charge >= 0.3 is 0 Å². The van der Waals surface area contributed by atoms with Crippen molar-refractivity contribution >= 4 is 46.3 Å². The van der Waals surface area contributed by atoms with E-state index in [0.717, 1.165) is 12.3 Å². The minimum atomic E-state index is -0.916. The summed E-state index contributed by atoms with van der Waals surface area (Å²) in [5, 5.41) is 5.32. The first-order valence-electron chi connectivity index (χ1n) is 15.3. The molecule has 0 aliphatic rings. The van der Waals surface area contributed by atoms with E-state index in [1.165, 1.54) is 32.3 Å². The molecule has 0 saturated carbocycles. The van der Waals surface area contributed by atoms with Crippen molar-refractivity contribution in [3.8, 4) is 0 Å². The topological polar surface area (TPSA) is 0 Å². The molecule has 0 aliphatic heterocycles. The summed E-state index contributed by atoms with van der Waals surface area (Å²) in [6.45, 7) is 2.57. The zero-order chi connectivity index (χ0) is 30.2. The molecule has 2 atom stereocenters. The minimum Gasteiger partial charge on any atom is -0.137 e. The molecule has 0 fully saturated rings. The van der Waals surface area contributed by atoms with Crippen LogP contribution in [-0.4, -0.2) is 12.3 Å². The van der Waals surface area contributed by atoms with Crippen molar-refractivity contribution < 1.29 is 0 Å². The summed E-state index contributed by atoms with van der Waals surface area (Å²) < 4.78 is 0. The molecule has 0 heterocycles. The van der Waals surface area contributed by atoms with E-state index in [0.29, 0.717) is 0 Å². The van der Waals surface area contributed by atoms with Gasteiger partial charge in [0.25, 0.3) is 0 Å². The van der Waals surface area contributed by atoms with Gasteiger partial charge in [0.15, 0.2) is 0 Å². The third-order valence-corrected chi connectivity index (χ3v) is 15.8. The fraction of sp³-hybridized carbons (Fsp3) is 0.122. The van der Waals surface area contributed by atoms with Crippen molar-refractivity contribution in [1.82, 2.24) is 0 Å². The van der Waals surface area contributed by atoms with E-state index in [9.17, 15) is 0 Å². The molecule has 2 unspecified atom stereocenters. The average Bonchev–Trinajstić information content (AvgIpc) is 3.11. The van der Waals surface area contributed by atoms with Crippen LogP contribution in [0.3, 0.4) is 0 Å². The summed E-state index contributed by atoms with van der Waals surface area (Å²) in [4.78, 5) is 0. The van der Waals surface area contributed by atoms with Crippen LogP contribution in [0.15, 0.2) is 182 Å². The Kier molecular flexibility index (Phi) is 9.85. The highest BCUT2D eigenvalue weighted by Gasteiger charge is 2.56. The lowest BCUT2D eigenvalue weighted by molar-refractivity contribution is 0.336. The molecule has 6 rings (SSSR count). The van der Waals surface area contributed by atoms with Gasteiger partial charge in [-0.05, 0) is 65.9 Å². The molecule has 0 aromatic heterocycles. The van der Waals surface area contributed by atoms with Gasteiger partial charge in [0, 0.05) is 0 Å². The van der Waals surface area contributed by atoms with E-state index in [1.54, 1.807) is 0 Å². The molecule has 218 valence electrons. The zero-order valence-electron chi connectivity index (χ0n) is 25.2. The maximum absolute atomic E-state index is 3.22. The van der Waals surface area contributed by atoms with E-state index < -0.39 is 15.8 Å². The second-order valence-electron chi connectivity index (χ2n) is 11.5. The maximum Gasteiger partial charge on any atom is 0.0543 e. The van der Waals surface area contributed by atoms with Crippen LogP contribution >= 0.6 is 25.1 Å². The molecular formula is C41H39P3. The van der Waals surface area contributed by atoms with Crippen molar-refractivity contribution in [2.45, 2.75) is 12.1 Å². The molecule has 6 aromatic carbocycles. The Bertz CT molecular complexity index is 1590. The van der Waals surface area contributed by atoms with Gasteiger partial charge in [-0.3, -0.25) is 0 Å². The predicted octanol–water partition coefficient (Wildman–Crippen LogP) is 9.08. The first kappa shape index (κ1) is 30.6. The predicted molar refractivity (Wildman–Crippen MR) is 199 cm³/mol. The van der Waals surface area contributed by atoms with E-state index >= 15 is 0 Å².